The number of anilines is 3. The number of aromatic nitrogens is 1. The highest BCUT2D eigenvalue weighted by atomic mass is 19.1. The van der Waals surface area contributed by atoms with Gasteiger partial charge in [0.2, 0.25) is 5.91 Å². The molecular formula is C25H29FN4O2. The molecule has 1 aliphatic rings. The van der Waals surface area contributed by atoms with Crippen LogP contribution in [0.4, 0.5) is 21.6 Å². The summed E-state index contributed by atoms with van der Waals surface area (Å²) in [5, 5.41) is 7.98. The van der Waals surface area contributed by atoms with Gasteiger partial charge in [-0.1, -0.05) is 6.42 Å². The lowest BCUT2D eigenvalue weighted by Crippen LogP contribution is -2.31. The summed E-state index contributed by atoms with van der Waals surface area (Å²) < 4.78 is 18.8. The van der Waals surface area contributed by atoms with Crippen molar-refractivity contribution in [1.29, 1.82) is 0 Å². The summed E-state index contributed by atoms with van der Waals surface area (Å²) >= 11 is 0. The van der Waals surface area contributed by atoms with Crippen molar-refractivity contribution < 1.29 is 13.9 Å². The Labute approximate surface area is 187 Å². The topological polar surface area (TPSA) is 66.5 Å². The Morgan fingerprint density at radius 2 is 1.91 bits per heavy atom. The van der Waals surface area contributed by atoms with Crippen molar-refractivity contribution in [2.75, 3.05) is 37.4 Å². The van der Waals surface area contributed by atoms with Gasteiger partial charge in [0.25, 0.3) is 0 Å². The third-order valence-corrected chi connectivity index (χ3v) is 5.79. The standard InChI is InChI=1S/C25H29FN4O2/c1-32-23-16-18-11-12-27-25(28-20-9-7-19(26)8-10-20)21(18)17-22(23)29-24(31)6-5-15-30-13-3-2-4-14-30/h7-12,16-17H,2-6,13-15H2,1H3,(H,27,28)(H,29,31). The Balaban J connectivity index is 1.48. The maximum Gasteiger partial charge on any atom is 0.224 e. The average Bonchev–Trinajstić information content (AvgIpc) is 2.81. The highest BCUT2D eigenvalue weighted by molar-refractivity contribution is 6.01. The van der Waals surface area contributed by atoms with Gasteiger partial charge in [-0.2, -0.15) is 0 Å². The third kappa shape index (κ3) is 5.53. The Morgan fingerprint density at radius 1 is 1.12 bits per heavy atom. The highest BCUT2D eigenvalue weighted by Crippen LogP contribution is 2.34. The Kier molecular flexibility index (Phi) is 7.17. The van der Waals surface area contributed by atoms with Gasteiger partial charge in [-0.3, -0.25) is 4.79 Å². The van der Waals surface area contributed by atoms with Gasteiger partial charge in [-0.25, -0.2) is 9.37 Å². The predicted octanol–water partition coefficient (Wildman–Crippen LogP) is 5.33. The summed E-state index contributed by atoms with van der Waals surface area (Å²) in [6, 6.07) is 11.7. The molecule has 2 heterocycles. The van der Waals surface area contributed by atoms with E-state index >= 15 is 0 Å². The minimum atomic E-state index is -0.295. The molecule has 168 valence electrons. The van der Waals surface area contributed by atoms with Gasteiger partial charge in [0.15, 0.2) is 0 Å². The van der Waals surface area contributed by atoms with Crippen molar-refractivity contribution >= 4 is 33.9 Å². The molecule has 1 fully saturated rings. The second-order valence-corrected chi connectivity index (χ2v) is 8.12. The number of nitrogens with one attached hydrogen (secondary N) is 2. The van der Waals surface area contributed by atoms with E-state index in [1.165, 1.54) is 31.4 Å². The molecule has 7 heteroatoms. The minimum Gasteiger partial charge on any atom is -0.495 e. The molecule has 0 radical (unpaired) electrons. The number of amides is 1. The van der Waals surface area contributed by atoms with Gasteiger partial charge >= 0.3 is 0 Å². The molecule has 4 rings (SSSR count). The van der Waals surface area contributed by atoms with Crippen LogP contribution in [0.3, 0.4) is 0 Å². The van der Waals surface area contributed by atoms with Crippen LogP contribution in [0.2, 0.25) is 0 Å². The van der Waals surface area contributed by atoms with E-state index in [1.807, 2.05) is 18.2 Å². The predicted molar refractivity (Wildman–Crippen MR) is 126 cm³/mol. The summed E-state index contributed by atoms with van der Waals surface area (Å²) in [4.78, 5) is 19.5. The smallest absolute Gasteiger partial charge is 0.224 e. The first kappa shape index (κ1) is 22.0. The van der Waals surface area contributed by atoms with Crippen LogP contribution in [0.1, 0.15) is 32.1 Å². The largest absolute Gasteiger partial charge is 0.495 e. The number of pyridine rings is 1. The van der Waals surface area contributed by atoms with Gasteiger partial charge in [0.1, 0.15) is 17.4 Å². The van der Waals surface area contributed by atoms with E-state index in [1.54, 1.807) is 25.4 Å². The van der Waals surface area contributed by atoms with Gasteiger partial charge < -0.3 is 20.3 Å². The number of halogens is 1. The van der Waals surface area contributed by atoms with Crippen LogP contribution in [-0.2, 0) is 4.79 Å². The molecule has 0 unspecified atom stereocenters. The first-order chi connectivity index (χ1) is 15.6. The third-order valence-electron chi connectivity index (χ3n) is 5.79. The Hall–Kier alpha value is -3.19. The molecule has 0 spiro atoms. The highest BCUT2D eigenvalue weighted by Gasteiger charge is 2.14. The lowest BCUT2D eigenvalue weighted by atomic mass is 10.1. The van der Waals surface area contributed by atoms with E-state index < -0.39 is 0 Å². The molecule has 32 heavy (non-hydrogen) atoms. The van der Waals surface area contributed by atoms with Crippen LogP contribution >= 0.6 is 0 Å². The monoisotopic (exact) mass is 436 g/mol. The quantitative estimate of drug-likeness (QED) is 0.500. The number of hydrogen-bond donors (Lipinski definition) is 2. The van der Waals surface area contributed by atoms with Crippen LogP contribution in [0.15, 0.2) is 48.7 Å². The number of fused-ring (bicyclic) bond motifs is 1. The van der Waals surface area contributed by atoms with Crippen molar-refractivity contribution in [3.63, 3.8) is 0 Å². The minimum absolute atomic E-state index is 0.0309. The van der Waals surface area contributed by atoms with Crippen LogP contribution in [-0.4, -0.2) is 42.5 Å². The second-order valence-electron chi connectivity index (χ2n) is 8.12. The number of methoxy groups -OCH3 is 1. The first-order valence-electron chi connectivity index (χ1n) is 11.1. The number of piperidine rings is 1. The van der Waals surface area contributed by atoms with Crippen LogP contribution < -0.4 is 15.4 Å². The van der Waals surface area contributed by atoms with E-state index in [9.17, 15) is 9.18 Å². The van der Waals surface area contributed by atoms with E-state index in [2.05, 4.69) is 20.5 Å². The molecule has 0 saturated carbocycles. The normalized spacial score (nSPS) is 14.3. The summed E-state index contributed by atoms with van der Waals surface area (Å²) in [7, 11) is 1.59. The lowest BCUT2D eigenvalue weighted by Gasteiger charge is -2.26. The zero-order valence-electron chi connectivity index (χ0n) is 18.4. The maximum absolute atomic E-state index is 13.2. The van der Waals surface area contributed by atoms with E-state index in [4.69, 9.17) is 4.74 Å². The number of benzene rings is 2. The summed E-state index contributed by atoms with van der Waals surface area (Å²) in [5.74, 6) is 0.895. The average molecular weight is 437 g/mol. The fraction of sp³-hybridized carbons (Fsp3) is 0.360. The van der Waals surface area contributed by atoms with Gasteiger partial charge in [0, 0.05) is 23.7 Å². The van der Waals surface area contributed by atoms with E-state index in [0.717, 1.165) is 42.5 Å². The lowest BCUT2D eigenvalue weighted by molar-refractivity contribution is -0.116. The van der Waals surface area contributed by atoms with Crippen LogP contribution in [0.5, 0.6) is 5.75 Å². The number of carbonyl (C=O) groups is 1. The number of hydrogen-bond acceptors (Lipinski definition) is 5. The first-order valence-corrected chi connectivity index (χ1v) is 11.1. The van der Waals surface area contributed by atoms with Crippen molar-refractivity contribution in [2.45, 2.75) is 32.1 Å². The number of carbonyl (C=O) groups excluding carboxylic acids is 1. The molecule has 1 aliphatic heterocycles. The van der Waals surface area contributed by atoms with Crippen molar-refractivity contribution in [1.82, 2.24) is 9.88 Å². The number of rotatable bonds is 8. The second kappa shape index (κ2) is 10.4. The molecule has 2 N–H and O–H groups in total. The van der Waals surface area contributed by atoms with Crippen LogP contribution in [0.25, 0.3) is 10.8 Å². The van der Waals surface area contributed by atoms with E-state index in [0.29, 0.717) is 23.7 Å². The summed E-state index contributed by atoms with van der Waals surface area (Å²) in [6.45, 7) is 3.23. The number of ether oxygens (including phenoxy) is 1. The summed E-state index contributed by atoms with van der Waals surface area (Å²) in [6.07, 6.45) is 6.82. The van der Waals surface area contributed by atoms with Crippen LogP contribution in [0, 0.1) is 5.82 Å². The number of likely N-dealkylation sites (tertiary alicyclic amines) is 1. The molecule has 2 aromatic carbocycles. The molecule has 6 nitrogen and oxygen atoms in total. The number of nitrogens with zero attached hydrogens (tertiary/aromatic N) is 2. The zero-order chi connectivity index (χ0) is 22.3. The molecule has 0 aliphatic carbocycles. The Morgan fingerprint density at radius 3 is 2.66 bits per heavy atom. The molecule has 1 aromatic heterocycles. The van der Waals surface area contributed by atoms with E-state index in [-0.39, 0.29) is 11.7 Å². The van der Waals surface area contributed by atoms with Gasteiger partial charge in [0.05, 0.1) is 12.8 Å². The molecular weight excluding hydrogens is 407 g/mol. The van der Waals surface area contributed by atoms with Gasteiger partial charge in [-0.05, 0) is 86.7 Å². The molecule has 1 saturated heterocycles. The Bertz CT molecular complexity index is 1070. The van der Waals surface area contributed by atoms with Gasteiger partial charge in [-0.15, -0.1) is 0 Å². The van der Waals surface area contributed by atoms with Crippen molar-refractivity contribution in [2.24, 2.45) is 0 Å². The molecule has 1 amide bonds. The zero-order valence-corrected chi connectivity index (χ0v) is 18.4. The molecule has 0 atom stereocenters. The summed E-state index contributed by atoms with van der Waals surface area (Å²) in [5.41, 5.74) is 1.34. The fourth-order valence-electron chi connectivity index (χ4n) is 4.10. The fourth-order valence-corrected chi connectivity index (χ4v) is 4.10. The SMILES string of the molecule is COc1cc2ccnc(Nc3ccc(F)cc3)c2cc1NC(=O)CCCN1CCCCC1. The molecule has 0 bridgehead atoms. The molecule has 3 aromatic rings. The van der Waals surface area contributed by atoms with Crippen molar-refractivity contribution in [3.05, 3.63) is 54.5 Å². The van der Waals surface area contributed by atoms with Crippen molar-refractivity contribution in [3.8, 4) is 5.75 Å². The maximum atomic E-state index is 13.2.